The van der Waals surface area contributed by atoms with Crippen LogP contribution in [0.4, 0.5) is 10.7 Å². The fraction of sp³-hybridized carbons (Fsp3) is 0.538. The monoisotopic (exact) mass is 297 g/mol. The maximum atomic E-state index is 12.0. The first-order chi connectivity index (χ1) is 9.58. The SMILES string of the molecule is CCCNC(=O)c1sc(NC2CC2)c(C(=O)OC)c1N. The minimum Gasteiger partial charge on any atom is -0.465 e. The average molecular weight is 297 g/mol. The van der Waals surface area contributed by atoms with Gasteiger partial charge in [0.1, 0.15) is 15.4 Å². The Morgan fingerprint density at radius 3 is 2.70 bits per heavy atom. The van der Waals surface area contributed by atoms with Crippen molar-refractivity contribution >= 4 is 33.9 Å². The van der Waals surface area contributed by atoms with E-state index in [9.17, 15) is 9.59 Å². The molecular formula is C13H19N3O3S. The van der Waals surface area contributed by atoms with Crippen molar-refractivity contribution in [1.82, 2.24) is 5.32 Å². The molecule has 0 atom stereocenters. The number of nitrogen functional groups attached to an aromatic ring is 1. The highest BCUT2D eigenvalue weighted by Crippen LogP contribution is 2.39. The van der Waals surface area contributed by atoms with Crippen LogP contribution in [-0.2, 0) is 4.74 Å². The smallest absolute Gasteiger partial charge is 0.343 e. The Labute approximate surface area is 121 Å². The maximum Gasteiger partial charge on any atom is 0.343 e. The van der Waals surface area contributed by atoms with Crippen LogP contribution >= 0.6 is 11.3 Å². The number of anilines is 2. The summed E-state index contributed by atoms with van der Waals surface area (Å²) in [5.41, 5.74) is 6.42. The molecule has 0 bridgehead atoms. The predicted octanol–water partition coefficient (Wildman–Crippen LogP) is 1.83. The molecule has 0 aliphatic heterocycles. The second-order valence-electron chi connectivity index (χ2n) is 4.72. The third kappa shape index (κ3) is 3.04. The van der Waals surface area contributed by atoms with Crippen LogP contribution in [0.2, 0.25) is 0 Å². The number of carbonyl (C=O) groups excluding carboxylic acids is 2. The van der Waals surface area contributed by atoms with Crippen molar-refractivity contribution in [2.45, 2.75) is 32.2 Å². The molecule has 1 fully saturated rings. The van der Waals surface area contributed by atoms with Crippen molar-refractivity contribution < 1.29 is 14.3 Å². The molecule has 1 saturated carbocycles. The third-order valence-electron chi connectivity index (χ3n) is 2.99. The van der Waals surface area contributed by atoms with Gasteiger partial charge in [0.15, 0.2) is 0 Å². The minimum atomic E-state index is -0.517. The molecule has 6 nitrogen and oxygen atoms in total. The molecule has 0 aromatic carbocycles. The van der Waals surface area contributed by atoms with E-state index in [0.717, 1.165) is 19.3 Å². The van der Waals surface area contributed by atoms with Crippen molar-refractivity contribution in [3.8, 4) is 0 Å². The highest BCUT2D eigenvalue weighted by molar-refractivity contribution is 7.19. The van der Waals surface area contributed by atoms with E-state index in [1.807, 2.05) is 6.92 Å². The fourth-order valence-corrected chi connectivity index (χ4v) is 2.85. The normalized spacial score (nSPS) is 13.9. The van der Waals surface area contributed by atoms with Gasteiger partial charge < -0.3 is 21.1 Å². The summed E-state index contributed by atoms with van der Waals surface area (Å²) in [6.07, 6.45) is 2.97. The van der Waals surface area contributed by atoms with Gasteiger partial charge >= 0.3 is 5.97 Å². The first-order valence-electron chi connectivity index (χ1n) is 6.63. The molecule has 1 heterocycles. The molecule has 7 heteroatoms. The molecule has 1 aliphatic carbocycles. The molecule has 2 rings (SSSR count). The maximum absolute atomic E-state index is 12.0. The van der Waals surface area contributed by atoms with E-state index in [2.05, 4.69) is 10.6 Å². The number of hydrogen-bond acceptors (Lipinski definition) is 6. The van der Waals surface area contributed by atoms with Gasteiger partial charge in [-0.2, -0.15) is 0 Å². The lowest BCUT2D eigenvalue weighted by atomic mass is 10.2. The Kier molecular flexibility index (Phi) is 4.49. The fourth-order valence-electron chi connectivity index (χ4n) is 1.75. The molecule has 0 spiro atoms. The lowest BCUT2D eigenvalue weighted by Gasteiger charge is -2.04. The number of ether oxygens (including phenoxy) is 1. The van der Waals surface area contributed by atoms with Crippen LogP contribution in [0.25, 0.3) is 0 Å². The highest BCUT2D eigenvalue weighted by Gasteiger charge is 2.30. The van der Waals surface area contributed by atoms with Crippen LogP contribution in [-0.4, -0.2) is 31.6 Å². The molecule has 0 saturated heterocycles. The zero-order chi connectivity index (χ0) is 14.7. The van der Waals surface area contributed by atoms with E-state index in [4.69, 9.17) is 10.5 Å². The van der Waals surface area contributed by atoms with Crippen molar-refractivity contribution in [2.24, 2.45) is 0 Å². The number of nitrogens with one attached hydrogen (secondary N) is 2. The molecular weight excluding hydrogens is 278 g/mol. The first-order valence-corrected chi connectivity index (χ1v) is 7.45. The molecule has 0 radical (unpaired) electrons. The number of thiophene rings is 1. The van der Waals surface area contributed by atoms with E-state index < -0.39 is 5.97 Å². The molecule has 1 aromatic heterocycles. The van der Waals surface area contributed by atoms with Crippen LogP contribution in [0, 0.1) is 0 Å². The van der Waals surface area contributed by atoms with Gasteiger partial charge in [0.05, 0.1) is 12.8 Å². The number of hydrogen-bond donors (Lipinski definition) is 3. The van der Waals surface area contributed by atoms with Gasteiger partial charge in [-0.15, -0.1) is 11.3 Å². The number of amides is 1. The minimum absolute atomic E-state index is 0.193. The summed E-state index contributed by atoms with van der Waals surface area (Å²) in [5.74, 6) is -0.764. The molecule has 20 heavy (non-hydrogen) atoms. The van der Waals surface area contributed by atoms with Crippen molar-refractivity contribution in [3.05, 3.63) is 10.4 Å². The van der Waals surface area contributed by atoms with Gasteiger partial charge in [0, 0.05) is 12.6 Å². The molecule has 0 unspecified atom stereocenters. The summed E-state index contributed by atoms with van der Waals surface area (Å²) in [6, 6.07) is 0.364. The van der Waals surface area contributed by atoms with Crippen molar-refractivity contribution in [2.75, 3.05) is 24.7 Å². The summed E-state index contributed by atoms with van der Waals surface area (Å²) in [7, 11) is 1.30. The standard InChI is InChI=1S/C13H19N3O3S/c1-3-6-15-11(17)10-9(14)8(13(18)19-2)12(20-10)16-7-4-5-7/h7,16H,3-6,14H2,1-2H3,(H,15,17). The molecule has 1 amide bonds. The molecule has 110 valence electrons. The number of esters is 1. The van der Waals surface area contributed by atoms with Crippen LogP contribution in [0.5, 0.6) is 0 Å². The topological polar surface area (TPSA) is 93.5 Å². The summed E-state index contributed by atoms with van der Waals surface area (Å²) >= 11 is 1.21. The van der Waals surface area contributed by atoms with Crippen LogP contribution < -0.4 is 16.4 Å². The Morgan fingerprint density at radius 1 is 1.45 bits per heavy atom. The van der Waals surface area contributed by atoms with Crippen molar-refractivity contribution in [1.29, 1.82) is 0 Å². The largest absolute Gasteiger partial charge is 0.465 e. The number of nitrogens with two attached hydrogens (primary N) is 1. The van der Waals surface area contributed by atoms with Crippen LogP contribution in [0.15, 0.2) is 0 Å². The summed E-state index contributed by atoms with van der Waals surface area (Å²) in [6.45, 7) is 2.55. The number of methoxy groups -OCH3 is 1. The summed E-state index contributed by atoms with van der Waals surface area (Å²) in [4.78, 5) is 24.2. The Morgan fingerprint density at radius 2 is 2.15 bits per heavy atom. The summed E-state index contributed by atoms with van der Waals surface area (Å²) < 4.78 is 4.75. The van der Waals surface area contributed by atoms with E-state index in [-0.39, 0.29) is 17.2 Å². The number of carbonyl (C=O) groups is 2. The zero-order valence-electron chi connectivity index (χ0n) is 11.6. The number of rotatable bonds is 6. The summed E-state index contributed by atoms with van der Waals surface area (Å²) in [5, 5.41) is 6.62. The van der Waals surface area contributed by atoms with E-state index in [0.29, 0.717) is 22.5 Å². The van der Waals surface area contributed by atoms with E-state index in [1.165, 1.54) is 18.4 Å². The van der Waals surface area contributed by atoms with E-state index in [1.54, 1.807) is 0 Å². The second kappa shape index (κ2) is 6.13. The van der Waals surface area contributed by atoms with Crippen molar-refractivity contribution in [3.63, 3.8) is 0 Å². The van der Waals surface area contributed by atoms with Crippen LogP contribution in [0.1, 0.15) is 46.2 Å². The molecule has 1 aromatic rings. The van der Waals surface area contributed by atoms with Gasteiger partial charge in [-0.1, -0.05) is 6.92 Å². The van der Waals surface area contributed by atoms with Gasteiger partial charge in [0.25, 0.3) is 5.91 Å². The lowest BCUT2D eigenvalue weighted by Crippen LogP contribution is -2.24. The first kappa shape index (κ1) is 14.6. The van der Waals surface area contributed by atoms with Crippen LogP contribution in [0.3, 0.4) is 0 Å². The molecule has 1 aliphatic rings. The Bertz CT molecular complexity index is 523. The predicted molar refractivity (Wildman–Crippen MR) is 79.3 cm³/mol. The Balaban J connectivity index is 2.30. The quantitative estimate of drug-likeness (QED) is 0.697. The van der Waals surface area contributed by atoms with Gasteiger partial charge in [-0.3, -0.25) is 4.79 Å². The second-order valence-corrected chi connectivity index (χ2v) is 5.74. The van der Waals surface area contributed by atoms with Gasteiger partial charge in [-0.25, -0.2) is 4.79 Å². The average Bonchev–Trinajstić information content (AvgIpc) is 3.19. The van der Waals surface area contributed by atoms with Gasteiger partial charge in [0.2, 0.25) is 0 Å². The zero-order valence-corrected chi connectivity index (χ0v) is 12.4. The lowest BCUT2D eigenvalue weighted by molar-refractivity contribution is 0.0603. The third-order valence-corrected chi connectivity index (χ3v) is 4.12. The highest BCUT2D eigenvalue weighted by atomic mass is 32.1. The van der Waals surface area contributed by atoms with E-state index >= 15 is 0 Å². The van der Waals surface area contributed by atoms with Gasteiger partial charge in [-0.05, 0) is 19.3 Å². The molecule has 4 N–H and O–H groups in total. The Hall–Kier alpha value is -1.76.